The lowest BCUT2D eigenvalue weighted by atomic mass is 10.2. The maximum absolute atomic E-state index is 5.77. The van der Waals surface area contributed by atoms with E-state index in [2.05, 4.69) is 42.3 Å². The second-order valence-electron chi connectivity index (χ2n) is 5.80. The fraction of sp³-hybridized carbons (Fsp3) is 0.667. The molecule has 1 aliphatic carbocycles. The Bertz CT molecular complexity index is 423. The van der Waals surface area contributed by atoms with E-state index in [9.17, 15) is 0 Å². The molecule has 1 saturated carbocycles. The molecule has 4 nitrogen and oxygen atoms in total. The maximum atomic E-state index is 5.77. The molecule has 2 aliphatic rings. The van der Waals surface area contributed by atoms with Crippen molar-refractivity contribution in [1.29, 1.82) is 0 Å². The SMILES string of the molecule is C[C@@H]1CN(c2cccc(CNC3CC3)n2)C[C@H](C)O1. The fourth-order valence-electron chi connectivity index (χ4n) is 2.64. The predicted molar refractivity (Wildman–Crippen MR) is 76.3 cm³/mol. The molecular formula is C15H23N3O. The van der Waals surface area contributed by atoms with Crippen LogP contribution in [-0.2, 0) is 11.3 Å². The molecule has 0 unspecified atom stereocenters. The summed E-state index contributed by atoms with van der Waals surface area (Å²) in [4.78, 5) is 7.11. The highest BCUT2D eigenvalue weighted by Gasteiger charge is 2.23. The Morgan fingerprint density at radius 2 is 2.00 bits per heavy atom. The van der Waals surface area contributed by atoms with Gasteiger partial charge in [-0.05, 0) is 38.8 Å². The van der Waals surface area contributed by atoms with E-state index in [0.717, 1.165) is 37.2 Å². The van der Waals surface area contributed by atoms with Crippen LogP contribution in [0.2, 0.25) is 0 Å². The van der Waals surface area contributed by atoms with Crippen LogP contribution in [-0.4, -0.2) is 36.3 Å². The van der Waals surface area contributed by atoms with Crippen LogP contribution in [0.5, 0.6) is 0 Å². The Kier molecular flexibility index (Phi) is 3.71. The summed E-state index contributed by atoms with van der Waals surface area (Å²) < 4.78 is 5.77. The number of morpholine rings is 1. The van der Waals surface area contributed by atoms with Gasteiger partial charge in [-0.1, -0.05) is 6.07 Å². The summed E-state index contributed by atoms with van der Waals surface area (Å²) in [5.41, 5.74) is 1.14. The molecule has 104 valence electrons. The van der Waals surface area contributed by atoms with E-state index < -0.39 is 0 Å². The van der Waals surface area contributed by atoms with Crippen LogP contribution in [0, 0.1) is 0 Å². The second kappa shape index (κ2) is 5.47. The third kappa shape index (κ3) is 3.45. The summed E-state index contributed by atoms with van der Waals surface area (Å²) >= 11 is 0. The first-order valence-electron chi connectivity index (χ1n) is 7.30. The first-order valence-corrected chi connectivity index (χ1v) is 7.30. The Morgan fingerprint density at radius 3 is 2.68 bits per heavy atom. The van der Waals surface area contributed by atoms with E-state index in [1.807, 2.05) is 0 Å². The summed E-state index contributed by atoms with van der Waals surface area (Å²) in [7, 11) is 0. The molecule has 0 radical (unpaired) electrons. The fourth-order valence-corrected chi connectivity index (χ4v) is 2.64. The van der Waals surface area contributed by atoms with Gasteiger partial charge in [0.2, 0.25) is 0 Å². The smallest absolute Gasteiger partial charge is 0.129 e. The van der Waals surface area contributed by atoms with E-state index >= 15 is 0 Å². The molecule has 0 bridgehead atoms. The quantitative estimate of drug-likeness (QED) is 0.899. The first-order chi connectivity index (χ1) is 9.20. The first kappa shape index (κ1) is 12.9. The molecule has 1 saturated heterocycles. The molecule has 19 heavy (non-hydrogen) atoms. The maximum Gasteiger partial charge on any atom is 0.129 e. The van der Waals surface area contributed by atoms with Gasteiger partial charge in [0.25, 0.3) is 0 Å². The van der Waals surface area contributed by atoms with Gasteiger partial charge >= 0.3 is 0 Å². The van der Waals surface area contributed by atoms with Gasteiger partial charge in [0.15, 0.2) is 0 Å². The Hall–Kier alpha value is -1.13. The molecule has 1 aromatic heterocycles. The van der Waals surface area contributed by atoms with Crippen LogP contribution in [0.25, 0.3) is 0 Å². The summed E-state index contributed by atoms with van der Waals surface area (Å²) in [5, 5.41) is 3.51. The Balaban J connectivity index is 1.66. The number of nitrogens with zero attached hydrogens (tertiary/aromatic N) is 2. The molecule has 1 aromatic rings. The number of aromatic nitrogens is 1. The zero-order valence-electron chi connectivity index (χ0n) is 11.8. The van der Waals surface area contributed by atoms with Gasteiger partial charge in [0, 0.05) is 25.7 Å². The van der Waals surface area contributed by atoms with Gasteiger partial charge in [0.1, 0.15) is 5.82 Å². The van der Waals surface area contributed by atoms with Crippen LogP contribution in [0.3, 0.4) is 0 Å². The van der Waals surface area contributed by atoms with Crippen molar-refractivity contribution in [2.75, 3.05) is 18.0 Å². The van der Waals surface area contributed by atoms with Gasteiger partial charge in [-0.3, -0.25) is 0 Å². The van der Waals surface area contributed by atoms with Crippen LogP contribution in [0.4, 0.5) is 5.82 Å². The van der Waals surface area contributed by atoms with Crippen LogP contribution in [0.15, 0.2) is 18.2 Å². The van der Waals surface area contributed by atoms with Crippen LogP contribution < -0.4 is 10.2 Å². The molecular weight excluding hydrogens is 238 g/mol. The zero-order valence-corrected chi connectivity index (χ0v) is 11.8. The number of ether oxygens (including phenoxy) is 1. The van der Waals surface area contributed by atoms with E-state index in [0.29, 0.717) is 0 Å². The highest BCUT2D eigenvalue weighted by atomic mass is 16.5. The van der Waals surface area contributed by atoms with Crippen molar-refractivity contribution in [1.82, 2.24) is 10.3 Å². The van der Waals surface area contributed by atoms with E-state index in [4.69, 9.17) is 9.72 Å². The van der Waals surface area contributed by atoms with Crippen molar-refractivity contribution < 1.29 is 4.74 Å². The second-order valence-corrected chi connectivity index (χ2v) is 5.80. The lowest BCUT2D eigenvalue weighted by molar-refractivity contribution is -0.00546. The van der Waals surface area contributed by atoms with Gasteiger partial charge in [-0.2, -0.15) is 0 Å². The number of pyridine rings is 1. The van der Waals surface area contributed by atoms with Crippen molar-refractivity contribution in [2.24, 2.45) is 0 Å². The van der Waals surface area contributed by atoms with Gasteiger partial charge < -0.3 is 15.0 Å². The number of rotatable bonds is 4. The third-order valence-electron chi connectivity index (χ3n) is 3.68. The zero-order chi connectivity index (χ0) is 13.2. The third-order valence-corrected chi connectivity index (χ3v) is 3.68. The lowest BCUT2D eigenvalue weighted by Gasteiger charge is -2.36. The average molecular weight is 261 g/mol. The minimum absolute atomic E-state index is 0.277. The molecule has 4 heteroatoms. The highest BCUT2D eigenvalue weighted by Crippen LogP contribution is 2.21. The van der Waals surface area contributed by atoms with Crippen molar-refractivity contribution >= 4 is 5.82 Å². The van der Waals surface area contributed by atoms with Crippen molar-refractivity contribution in [3.63, 3.8) is 0 Å². The molecule has 0 aromatic carbocycles. The minimum Gasteiger partial charge on any atom is -0.372 e. The molecule has 2 atom stereocenters. The molecule has 2 heterocycles. The Morgan fingerprint density at radius 1 is 1.26 bits per heavy atom. The summed E-state index contributed by atoms with van der Waals surface area (Å²) in [5.74, 6) is 1.08. The number of hydrogen-bond acceptors (Lipinski definition) is 4. The van der Waals surface area contributed by atoms with Crippen molar-refractivity contribution in [3.8, 4) is 0 Å². The average Bonchev–Trinajstić information content (AvgIpc) is 3.20. The van der Waals surface area contributed by atoms with Crippen LogP contribution in [0.1, 0.15) is 32.4 Å². The Labute approximate surface area is 115 Å². The van der Waals surface area contributed by atoms with E-state index in [1.54, 1.807) is 0 Å². The van der Waals surface area contributed by atoms with Crippen LogP contribution >= 0.6 is 0 Å². The molecule has 0 spiro atoms. The number of nitrogens with one attached hydrogen (secondary N) is 1. The predicted octanol–water partition coefficient (Wildman–Crippen LogP) is 1.95. The number of hydrogen-bond donors (Lipinski definition) is 1. The molecule has 2 fully saturated rings. The van der Waals surface area contributed by atoms with E-state index in [1.165, 1.54) is 12.8 Å². The monoisotopic (exact) mass is 261 g/mol. The highest BCUT2D eigenvalue weighted by molar-refractivity contribution is 5.40. The molecule has 3 rings (SSSR count). The minimum atomic E-state index is 0.277. The molecule has 1 aliphatic heterocycles. The summed E-state index contributed by atoms with van der Waals surface area (Å²) in [6.07, 6.45) is 3.19. The van der Waals surface area contributed by atoms with Crippen molar-refractivity contribution in [3.05, 3.63) is 23.9 Å². The standard InChI is InChI=1S/C15H23N3O/c1-11-9-18(10-12(2)19-11)15-5-3-4-14(17-15)8-16-13-6-7-13/h3-5,11-13,16H,6-10H2,1-2H3/t11-,12+. The van der Waals surface area contributed by atoms with E-state index in [-0.39, 0.29) is 12.2 Å². The molecule has 1 N–H and O–H groups in total. The molecule has 0 amide bonds. The number of anilines is 1. The largest absolute Gasteiger partial charge is 0.372 e. The van der Waals surface area contributed by atoms with Gasteiger partial charge in [-0.25, -0.2) is 4.98 Å². The normalized spacial score (nSPS) is 27.6. The van der Waals surface area contributed by atoms with Gasteiger partial charge in [-0.15, -0.1) is 0 Å². The van der Waals surface area contributed by atoms with Crippen molar-refractivity contribution in [2.45, 2.75) is 51.5 Å². The lowest BCUT2D eigenvalue weighted by Crippen LogP contribution is -2.45. The summed E-state index contributed by atoms with van der Waals surface area (Å²) in [6, 6.07) is 7.04. The van der Waals surface area contributed by atoms with Gasteiger partial charge in [0.05, 0.1) is 17.9 Å². The summed E-state index contributed by atoms with van der Waals surface area (Å²) in [6.45, 7) is 6.99. The topological polar surface area (TPSA) is 37.4 Å².